The summed E-state index contributed by atoms with van der Waals surface area (Å²) in [6, 6.07) is 0. The molecule has 130 valence electrons. The molecular weight excluding hydrogens is 306 g/mol. The largest absolute Gasteiger partial charge is 0.550 e. The molecule has 3 heterocycles. The Labute approximate surface area is 142 Å². The lowest BCUT2D eigenvalue weighted by molar-refractivity contribution is -0.313. The van der Waals surface area contributed by atoms with Gasteiger partial charge in [0.05, 0.1) is 18.6 Å². The van der Waals surface area contributed by atoms with Crippen molar-refractivity contribution in [3.8, 4) is 0 Å². The van der Waals surface area contributed by atoms with Crippen LogP contribution in [0.4, 0.5) is 0 Å². The molecule has 1 amide bonds. The van der Waals surface area contributed by atoms with Crippen molar-refractivity contribution in [1.29, 1.82) is 0 Å². The van der Waals surface area contributed by atoms with Gasteiger partial charge in [-0.15, -0.1) is 0 Å². The van der Waals surface area contributed by atoms with Crippen molar-refractivity contribution < 1.29 is 19.4 Å². The summed E-state index contributed by atoms with van der Waals surface area (Å²) in [4.78, 5) is 26.3. The van der Waals surface area contributed by atoms with Gasteiger partial charge in [-0.25, -0.2) is 0 Å². The summed E-state index contributed by atoms with van der Waals surface area (Å²) < 4.78 is 5.91. The molecule has 4 aliphatic rings. The van der Waals surface area contributed by atoms with Crippen LogP contribution in [-0.4, -0.2) is 41.6 Å². The van der Waals surface area contributed by atoms with Crippen LogP contribution in [0.2, 0.25) is 0 Å². The Kier molecular flexibility index (Phi) is 3.43. The first kappa shape index (κ1) is 15.9. The summed E-state index contributed by atoms with van der Waals surface area (Å²) in [6.45, 7) is 7.74. The number of likely N-dealkylation sites (tertiary alicyclic amines) is 1. The lowest BCUT2D eigenvalue weighted by Gasteiger charge is -2.36. The lowest BCUT2D eigenvalue weighted by Crippen LogP contribution is -2.45. The molecule has 7 atom stereocenters. The van der Waals surface area contributed by atoms with E-state index in [2.05, 4.69) is 26.8 Å². The normalized spacial score (nSPS) is 46.4. The van der Waals surface area contributed by atoms with Crippen molar-refractivity contribution in [2.24, 2.45) is 29.6 Å². The van der Waals surface area contributed by atoms with E-state index in [1.54, 1.807) is 6.08 Å². The number of carbonyl (C=O) groups is 2. The van der Waals surface area contributed by atoms with Gasteiger partial charge in [-0.05, 0) is 31.1 Å². The van der Waals surface area contributed by atoms with Crippen molar-refractivity contribution in [3.05, 3.63) is 23.8 Å². The summed E-state index contributed by atoms with van der Waals surface area (Å²) in [5.74, 6) is -1.40. The summed E-state index contributed by atoms with van der Waals surface area (Å²) >= 11 is 0. The highest BCUT2D eigenvalue weighted by molar-refractivity contribution is 5.90. The second-order valence-electron chi connectivity index (χ2n) is 8.16. The molecule has 24 heavy (non-hydrogen) atoms. The summed E-state index contributed by atoms with van der Waals surface area (Å²) in [6.07, 6.45) is 6.54. The molecule has 0 aromatic carbocycles. The van der Waals surface area contributed by atoms with Gasteiger partial charge in [0.1, 0.15) is 5.60 Å². The number of amides is 1. The maximum Gasteiger partial charge on any atom is 0.229 e. The number of rotatable bonds is 3. The van der Waals surface area contributed by atoms with E-state index < -0.39 is 29.5 Å². The molecule has 2 bridgehead atoms. The number of fused-ring (bicyclic) bond motifs is 1. The topological polar surface area (TPSA) is 69.7 Å². The third kappa shape index (κ3) is 2.10. The molecular formula is C19H24NO4-. The molecule has 1 spiro atoms. The molecule has 0 radical (unpaired) electrons. The van der Waals surface area contributed by atoms with E-state index in [-0.39, 0.29) is 5.91 Å². The van der Waals surface area contributed by atoms with E-state index >= 15 is 0 Å². The van der Waals surface area contributed by atoms with Crippen molar-refractivity contribution in [3.63, 3.8) is 0 Å². The molecule has 0 N–H and O–H groups in total. The molecule has 0 unspecified atom stereocenters. The number of hydrogen-bond donors (Lipinski definition) is 0. The second kappa shape index (κ2) is 5.19. The number of carboxylic acids is 1. The van der Waals surface area contributed by atoms with Gasteiger partial charge in [-0.2, -0.15) is 0 Å². The van der Waals surface area contributed by atoms with Gasteiger partial charge in [-0.3, -0.25) is 4.79 Å². The number of allylic oxidation sites excluding steroid dienone is 2. The van der Waals surface area contributed by atoms with Gasteiger partial charge in [0.25, 0.3) is 0 Å². The van der Waals surface area contributed by atoms with E-state index in [0.717, 1.165) is 6.42 Å². The Bertz CT molecular complexity index is 654. The number of aliphatic carboxylic acids is 1. The first-order valence-electron chi connectivity index (χ1n) is 8.86. The number of carboxylic acid groups (broad SMARTS) is 1. The number of nitrogens with zero attached hydrogens (tertiary/aromatic N) is 1. The number of ether oxygens (including phenoxy) is 1. The predicted molar refractivity (Wildman–Crippen MR) is 85.5 cm³/mol. The second-order valence-corrected chi connectivity index (χ2v) is 8.16. The molecule has 0 aromatic heterocycles. The predicted octanol–water partition coefficient (Wildman–Crippen LogP) is 0.757. The molecule has 3 aliphatic heterocycles. The first-order chi connectivity index (χ1) is 11.3. The number of hydrogen-bond acceptors (Lipinski definition) is 4. The van der Waals surface area contributed by atoms with Gasteiger partial charge >= 0.3 is 0 Å². The smallest absolute Gasteiger partial charge is 0.229 e. The Hall–Kier alpha value is -1.62. The highest BCUT2D eigenvalue weighted by atomic mass is 16.5. The zero-order valence-corrected chi connectivity index (χ0v) is 14.4. The summed E-state index contributed by atoms with van der Waals surface area (Å²) in [5, 5.41) is 11.5. The van der Waals surface area contributed by atoms with Gasteiger partial charge in [0.2, 0.25) is 5.91 Å². The van der Waals surface area contributed by atoms with E-state index in [1.807, 2.05) is 11.0 Å². The molecule has 2 fully saturated rings. The molecule has 5 heteroatoms. The van der Waals surface area contributed by atoms with Crippen LogP contribution >= 0.6 is 0 Å². The zero-order chi connectivity index (χ0) is 17.2. The Balaban J connectivity index is 1.56. The third-order valence-electron chi connectivity index (χ3n) is 6.48. The van der Waals surface area contributed by atoms with Crippen molar-refractivity contribution in [1.82, 2.24) is 4.90 Å². The van der Waals surface area contributed by atoms with Crippen LogP contribution in [0.5, 0.6) is 0 Å². The van der Waals surface area contributed by atoms with Crippen LogP contribution in [0.15, 0.2) is 23.8 Å². The average Bonchev–Trinajstić information content (AvgIpc) is 3.11. The van der Waals surface area contributed by atoms with Crippen LogP contribution in [-0.2, 0) is 14.3 Å². The Morgan fingerprint density at radius 1 is 1.46 bits per heavy atom. The van der Waals surface area contributed by atoms with Crippen molar-refractivity contribution in [2.75, 3.05) is 13.1 Å². The van der Waals surface area contributed by atoms with Gasteiger partial charge in [0.15, 0.2) is 0 Å². The quantitative estimate of drug-likeness (QED) is 0.716. The highest BCUT2D eigenvalue weighted by Gasteiger charge is 2.65. The standard InChI is InChI=1S/C19H25NO4/c1-10-6-11(2)13(12(3)7-10)8-20-9-19-5-4-14(24-19)15(18(22)23)16(19)17(20)21/h4-6,11-16H,7-9H2,1-3H3,(H,22,23)/p-1/t11-,12+,13-,14-,15-,16+,19-/m0/s1. The van der Waals surface area contributed by atoms with Gasteiger partial charge in [0, 0.05) is 18.4 Å². The molecule has 1 aliphatic carbocycles. The average molecular weight is 330 g/mol. The fourth-order valence-electron chi connectivity index (χ4n) is 5.42. The van der Waals surface area contributed by atoms with Crippen LogP contribution in [0.1, 0.15) is 27.2 Å². The van der Waals surface area contributed by atoms with Crippen molar-refractivity contribution in [2.45, 2.75) is 38.9 Å². The fraction of sp³-hybridized carbons (Fsp3) is 0.684. The molecule has 2 saturated heterocycles. The van der Waals surface area contributed by atoms with E-state index in [1.165, 1.54) is 5.57 Å². The Morgan fingerprint density at radius 2 is 2.21 bits per heavy atom. The summed E-state index contributed by atoms with van der Waals surface area (Å²) in [5.41, 5.74) is 0.663. The van der Waals surface area contributed by atoms with Crippen LogP contribution in [0.3, 0.4) is 0 Å². The molecule has 5 nitrogen and oxygen atoms in total. The zero-order valence-electron chi connectivity index (χ0n) is 14.4. The minimum absolute atomic E-state index is 0.0817. The number of carbonyl (C=O) groups excluding carboxylic acids is 2. The van der Waals surface area contributed by atoms with Crippen molar-refractivity contribution >= 4 is 11.9 Å². The van der Waals surface area contributed by atoms with Crippen LogP contribution in [0, 0.1) is 29.6 Å². The van der Waals surface area contributed by atoms with E-state index in [4.69, 9.17) is 4.74 Å². The maximum absolute atomic E-state index is 12.9. The first-order valence-corrected chi connectivity index (χ1v) is 8.86. The minimum atomic E-state index is -1.18. The molecule has 4 rings (SSSR count). The van der Waals surface area contributed by atoms with Crippen LogP contribution in [0.25, 0.3) is 0 Å². The third-order valence-corrected chi connectivity index (χ3v) is 6.48. The lowest BCUT2D eigenvalue weighted by atomic mass is 9.75. The summed E-state index contributed by atoms with van der Waals surface area (Å²) in [7, 11) is 0. The Morgan fingerprint density at radius 3 is 2.88 bits per heavy atom. The molecule has 0 saturated carbocycles. The fourth-order valence-corrected chi connectivity index (χ4v) is 5.42. The SMILES string of the molecule is CC1=C[C@H](C)[C@H](CN2C[C@]34C=C[C@H](O3)[C@H](C(=O)[O-])[C@@H]4C2=O)[C@H](C)C1. The van der Waals surface area contributed by atoms with E-state index in [9.17, 15) is 14.7 Å². The molecule has 0 aromatic rings. The van der Waals surface area contributed by atoms with Crippen LogP contribution < -0.4 is 5.11 Å². The maximum atomic E-state index is 12.9. The highest BCUT2D eigenvalue weighted by Crippen LogP contribution is 2.52. The van der Waals surface area contributed by atoms with Gasteiger partial charge in [-0.1, -0.05) is 37.6 Å². The van der Waals surface area contributed by atoms with Gasteiger partial charge < -0.3 is 19.5 Å². The minimum Gasteiger partial charge on any atom is -0.550 e. The van der Waals surface area contributed by atoms with E-state index in [0.29, 0.717) is 30.8 Å². The monoisotopic (exact) mass is 330 g/mol.